The fraction of sp³-hybridized carbons (Fsp3) is 0.438. The first kappa shape index (κ1) is 14.6. The van der Waals surface area contributed by atoms with E-state index in [0.717, 1.165) is 17.9 Å². The summed E-state index contributed by atoms with van der Waals surface area (Å²) in [6, 6.07) is 3.51. The van der Waals surface area contributed by atoms with Crippen molar-refractivity contribution in [3.63, 3.8) is 0 Å². The molecule has 0 saturated carbocycles. The monoisotopic (exact) mass is 332 g/mol. The van der Waals surface area contributed by atoms with Gasteiger partial charge in [0.25, 0.3) is 5.89 Å². The van der Waals surface area contributed by atoms with Crippen LogP contribution in [0.3, 0.4) is 0 Å². The highest BCUT2D eigenvalue weighted by molar-refractivity contribution is 7.99. The normalized spacial score (nSPS) is 24.3. The second-order valence-corrected chi connectivity index (χ2v) is 7.15. The molecule has 0 N–H and O–H groups in total. The van der Waals surface area contributed by atoms with E-state index in [1.165, 1.54) is 4.90 Å². The smallest absolute Gasteiger partial charge is 0.263 e. The highest BCUT2D eigenvalue weighted by Crippen LogP contribution is 2.45. The molecule has 0 aromatic carbocycles. The molecule has 2 aromatic rings. The van der Waals surface area contributed by atoms with Crippen molar-refractivity contribution in [1.29, 1.82) is 0 Å². The minimum absolute atomic E-state index is 0.0607. The van der Waals surface area contributed by atoms with E-state index < -0.39 is 5.41 Å². The van der Waals surface area contributed by atoms with Gasteiger partial charge in [0.2, 0.25) is 11.8 Å². The molecule has 0 bridgehead atoms. The maximum absolute atomic E-state index is 12.7. The van der Waals surface area contributed by atoms with Crippen molar-refractivity contribution in [3.8, 4) is 11.7 Å². The largest absolute Gasteiger partial charge is 0.459 e. The van der Waals surface area contributed by atoms with Crippen LogP contribution in [-0.2, 0) is 16.1 Å². The van der Waals surface area contributed by atoms with Crippen LogP contribution in [0.1, 0.15) is 24.3 Å². The summed E-state index contributed by atoms with van der Waals surface area (Å²) >= 11 is 1.74. The molecule has 120 valence electrons. The topological polar surface area (TPSA) is 76.6 Å². The number of oxazole rings is 1. The molecule has 2 amide bonds. The number of aromatic nitrogens is 1. The van der Waals surface area contributed by atoms with Crippen LogP contribution in [0, 0.1) is 12.3 Å². The maximum atomic E-state index is 12.7. The molecular formula is C16H16N2O4S. The van der Waals surface area contributed by atoms with Crippen LogP contribution in [0.15, 0.2) is 27.2 Å². The number of carbonyl (C=O) groups excluding carboxylic acids is 2. The molecule has 2 aliphatic heterocycles. The van der Waals surface area contributed by atoms with Crippen molar-refractivity contribution in [1.82, 2.24) is 9.88 Å². The Morgan fingerprint density at radius 2 is 2.30 bits per heavy atom. The van der Waals surface area contributed by atoms with Crippen LogP contribution < -0.4 is 0 Å². The average molecular weight is 332 g/mol. The maximum Gasteiger partial charge on any atom is 0.263 e. The number of hydrogen-bond acceptors (Lipinski definition) is 6. The van der Waals surface area contributed by atoms with Crippen molar-refractivity contribution in [2.24, 2.45) is 5.41 Å². The van der Waals surface area contributed by atoms with Gasteiger partial charge in [-0.15, -0.1) is 0 Å². The third kappa shape index (κ3) is 2.30. The number of imide groups is 1. The van der Waals surface area contributed by atoms with Gasteiger partial charge in [-0.05, 0) is 31.2 Å². The van der Waals surface area contributed by atoms with Gasteiger partial charge in [-0.1, -0.05) is 0 Å². The number of aryl methyl sites for hydroxylation is 1. The van der Waals surface area contributed by atoms with E-state index >= 15 is 0 Å². The Bertz CT molecular complexity index is 759. The van der Waals surface area contributed by atoms with E-state index in [0.29, 0.717) is 29.5 Å². The molecule has 0 aliphatic carbocycles. The minimum atomic E-state index is -0.483. The summed E-state index contributed by atoms with van der Waals surface area (Å²) in [6.45, 7) is 1.95. The predicted molar refractivity (Wildman–Crippen MR) is 83.5 cm³/mol. The Morgan fingerprint density at radius 3 is 3.00 bits per heavy atom. The highest BCUT2D eigenvalue weighted by Gasteiger charge is 2.53. The first-order chi connectivity index (χ1) is 11.1. The van der Waals surface area contributed by atoms with Gasteiger partial charge in [0.05, 0.1) is 18.2 Å². The van der Waals surface area contributed by atoms with Gasteiger partial charge in [0.15, 0.2) is 5.76 Å². The SMILES string of the molecule is Cc1oc(-c2ccco2)nc1CN1C(=O)C[C@@]2(CCSC2)C1=O. The van der Waals surface area contributed by atoms with Gasteiger partial charge < -0.3 is 8.83 Å². The lowest BCUT2D eigenvalue weighted by molar-refractivity contribution is -0.141. The molecule has 1 atom stereocenters. The van der Waals surface area contributed by atoms with Gasteiger partial charge in [-0.25, -0.2) is 4.98 Å². The number of amides is 2. The number of likely N-dealkylation sites (tertiary alicyclic amines) is 1. The van der Waals surface area contributed by atoms with Crippen LogP contribution in [-0.4, -0.2) is 33.2 Å². The number of nitrogens with zero attached hydrogens (tertiary/aromatic N) is 2. The van der Waals surface area contributed by atoms with E-state index in [1.807, 2.05) is 0 Å². The van der Waals surface area contributed by atoms with E-state index in [9.17, 15) is 9.59 Å². The standard InChI is InChI=1S/C16H16N2O4S/c1-10-11(17-14(22-10)12-3-2-5-21-12)8-18-13(19)7-16(15(18)20)4-6-23-9-16/h2-3,5H,4,6-9H2,1H3/t16-/m1/s1. The van der Waals surface area contributed by atoms with Crippen molar-refractivity contribution >= 4 is 23.6 Å². The summed E-state index contributed by atoms with van der Waals surface area (Å²) in [5.41, 5.74) is 0.115. The number of furan rings is 1. The molecule has 0 radical (unpaired) electrons. The van der Waals surface area contributed by atoms with Crippen molar-refractivity contribution in [2.75, 3.05) is 11.5 Å². The second-order valence-electron chi connectivity index (χ2n) is 6.04. The molecule has 7 heteroatoms. The Kier molecular flexibility index (Phi) is 3.33. The van der Waals surface area contributed by atoms with Gasteiger partial charge in [0, 0.05) is 12.2 Å². The minimum Gasteiger partial charge on any atom is -0.459 e. The van der Waals surface area contributed by atoms with Crippen LogP contribution in [0.5, 0.6) is 0 Å². The zero-order chi connectivity index (χ0) is 16.0. The molecule has 4 rings (SSSR count). The lowest BCUT2D eigenvalue weighted by atomic mass is 9.86. The number of hydrogen-bond donors (Lipinski definition) is 0. The predicted octanol–water partition coefficient (Wildman–Crippen LogP) is 2.63. The van der Waals surface area contributed by atoms with Crippen molar-refractivity contribution in [2.45, 2.75) is 26.3 Å². The lowest BCUT2D eigenvalue weighted by Gasteiger charge is -2.19. The Morgan fingerprint density at radius 1 is 1.43 bits per heavy atom. The van der Waals surface area contributed by atoms with Crippen LogP contribution in [0.25, 0.3) is 11.7 Å². The van der Waals surface area contributed by atoms with Gasteiger partial charge >= 0.3 is 0 Å². The molecule has 2 fully saturated rings. The van der Waals surface area contributed by atoms with Crippen molar-refractivity contribution in [3.05, 3.63) is 29.9 Å². The molecule has 1 spiro atoms. The van der Waals surface area contributed by atoms with Gasteiger partial charge in [-0.3, -0.25) is 14.5 Å². The number of carbonyl (C=O) groups is 2. The Hall–Kier alpha value is -2.02. The molecule has 2 saturated heterocycles. The summed E-state index contributed by atoms with van der Waals surface area (Å²) in [7, 11) is 0. The summed E-state index contributed by atoms with van der Waals surface area (Å²) < 4.78 is 10.9. The zero-order valence-electron chi connectivity index (χ0n) is 12.7. The number of thioether (sulfide) groups is 1. The van der Waals surface area contributed by atoms with Crippen LogP contribution in [0.2, 0.25) is 0 Å². The molecule has 23 heavy (non-hydrogen) atoms. The fourth-order valence-corrected chi connectivity index (χ4v) is 4.61. The average Bonchev–Trinajstić information content (AvgIpc) is 3.27. The highest BCUT2D eigenvalue weighted by atomic mass is 32.2. The van der Waals surface area contributed by atoms with Crippen LogP contribution >= 0.6 is 11.8 Å². The summed E-state index contributed by atoms with van der Waals surface area (Å²) in [6.07, 6.45) is 2.65. The van der Waals surface area contributed by atoms with E-state index in [2.05, 4.69) is 4.98 Å². The molecule has 2 aliphatic rings. The molecule has 4 heterocycles. The first-order valence-electron chi connectivity index (χ1n) is 7.52. The number of rotatable bonds is 3. The van der Waals surface area contributed by atoms with Crippen LogP contribution in [0.4, 0.5) is 0 Å². The summed E-state index contributed by atoms with van der Waals surface area (Å²) in [5, 5.41) is 0. The quantitative estimate of drug-likeness (QED) is 0.804. The third-order valence-electron chi connectivity index (χ3n) is 4.53. The molecule has 0 unspecified atom stereocenters. The Labute approximate surface area is 137 Å². The second kappa shape index (κ2) is 5.26. The van der Waals surface area contributed by atoms with Crippen molar-refractivity contribution < 1.29 is 18.4 Å². The fourth-order valence-electron chi connectivity index (χ4n) is 3.17. The lowest BCUT2D eigenvalue weighted by Crippen LogP contribution is -2.35. The zero-order valence-corrected chi connectivity index (χ0v) is 13.5. The third-order valence-corrected chi connectivity index (χ3v) is 5.77. The van der Waals surface area contributed by atoms with E-state index in [-0.39, 0.29) is 18.4 Å². The summed E-state index contributed by atoms with van der Waals surface area (Å²) in [5.74, 6) is 3.00. The van der Waals surface area contributed by atoms with E-state index in [1.54, 1.807) is 37.1 Å². The molecular weight excluding hydrogens is 316 g/mol. The van der Waals surface area contributed by atoms with E-state index in [4.69, 9.17) is 8.83 Å². The molecule has 6 nitrogen and oxygen atoms in total. The Balaban J connectivity index is 1.59. The van der Waals surface area contributed by atoms with Gasteiger partial charge in [0.1, 0.15) is 11.5 Å². The summed E-state index contributed by atoms with van der Waals surface area (Å²) in [4.78, 5) is 30.7. The molecule has 2 aromatic heterocycles. The van der Waals surface area contributed by atoms with Gasteiger partial charge in [-0.2, -0.15) is 11.8 Å². The first-order valence-corrected chi connectivity index (χ1v) is 8.67.